The normalized spacial score (nSPS) is 38.0. The van der Waals surface area contributed by atoms with Gasteiger partial charge in [0.05, 0.1) is 13.2 Å². The molecular weight excluding hydrogens is 492 g/mol. The summed E-state index contributed by atoms with van der Waals surface area (Å²) in [6.07, 6.45) is -6.63. The van der Waals surface area contributed by atoms with Gasteiger partial charge in [-0.1, -0.05) is 32.6 Å². The van der Waals surface area contributed by atoms with Crippen LogP contribution in [0.5, 0.6) is 0 Å². The molecule has 3 heterocycles. The molecule has 3 fully saturated rings. The van der Waals surface area contributed by atoms with Gasteiger partial charge in [0.15, 0.2) is 24.0 Å². The molecule has 0 bridgehead atoms. The Morgan fingerprint density at radius 1 is 1.00 bits per heavy atom. The molecule has 12 nitrogen and oxygen atoms in total. The molecule has 0 saturated carbocycles. The van der Waals surface area contributed by atoms with Crippen molar-refractivity contribution < 1.29 is 58.4 Å². The predicted octanol–water partition coefficient (Wildman–Crippen LogP) is 0.704. The van der Waals surface area contributed by atoms with E-state index < -0.39 is 79.5 Å². The van der Waals surface area contributed by atoms with Crippen molar-refractivity contribution in [1.29, 1.82) is 0 Å². The third-order valence-electron chi connectivity index (χ3n) is 6.69. The second-order valence-corrected chi connectivity index (χ2v) is 10.8. The van der Waals surface area contributed by atoms with Gasteiger partial charge < -0.3 is 53.6 Å². The second kappa shape index (κ2) is 12.9. The van der Waals surface area contributed by atoms with E-state index in [1.54, 1.807) is 27.7 Å². The van der Waals surface area contributed by atoms with Crippen molar-refractivity contribution >= 4 is 5.97 Å². The van der Waals surface area contributed by atoms with Crippen LogP contribution in [0.3, 0.4) is 0 Å². The van der Waals surface area contributed by atoms with Crippen LogP contribution >= 0.6 is 0 Å². The van der Waals surface area contributed by atoms with E-state index in [1.807, 2.05) is 0 Å². The molecule has 0 spiro atoms. The first-order valence-corrected chi connectivity index (χ1v) is 13.2. The van der Waals surface area contributed by atoms with Crippen LogP contribution in [0.1, 0.15) is 73.1 Å². The van der Waals surface area contributed by atoms with Crippen molar-refractivity contribution in [2.75, 3.05) is 13.2 Å². The summed E-state index contributed by atoms with van der Waals surface area (Å²) in [6, 6.07) is 0. The van der Waals surface area contributed by atoms with E-state index >= 15 is 0 Å². The third kappa shape index (κ3) is 8.04. The molecular formula is C25H44O12. The number of carbonyl (C=O) groups is 1. The molecule has 216 valence electrons. The lowest BCUT2D eigenvalue weighted by Crippen LogP contribution is -2.61. The highest BCUT2D eigenvalue weighted by Crippen LogP contribution is 2.38. The molecule has 37 heavy (non-hydrogen) atoms. The summed E-state index contributed by atoms with van der Waals surface area (Å²) < 4.78 is 40.1. The van der Waals surface area contributed by atoms with E-state index in [-0.39, 0.29) is 13.0 Å². The molecule has 0 amide bonds. The van der Waals surface area contributed by atoms with E-state index in [0.717, 1.165) is 25.7 Å². The minimum Gasteiger partial charge on any atom is -0.454 e. The van der Waals surface area contributed by atoms with Crippen LogP contribution in [-0.2, 0) is 38.0 Å². The summed E-state index contributed by atoms with van der Waals surface area (Å²) in [6.45, 7) is 8.55. The number of unbranched alkanes of at least 4 members (excludes halogenated alkanes) is 4. The van der Waals surface area contributed by atoms with Gasteiger partial charge in [-0.15, -0.1) is 0 Å². The fourth-order valence-corrected chi connectivity index (χ4v) is 4.79. The highest BCUT2D eigenvalue weighted by molar-refractivity contribution is 5.69. The van der Waals surface area contributed by atoms with Crippen LogP contribution in [0.4, 0.5) is 0 Å². The standard InChI is InChI=1S/C25H44O12/c1-6-7-8-9-10-11-16(27)33-20-18(29)17(28)14(12-26)32-23(20)34-22(30)21-19(36-25(4,5)37-21)15-13-31-24(2,3)35-15/h14-15,17-23,26,28-30H,6-13H2,1-5H3/t14-,15+,17-,18+,19+,20+,21+,22?,23+/m1/s1. The quantitative estimate of drug-likeness (QED) is 0.157. The number of aliphatic hydroxyl groups is 4. The maximum absolute atomic E-state index is 12.5. The lowest BCUT2D eigenvalue weighted by Gasteiger charge is -2.42. The number of hydrogen-bond donors (Lipinski definition) is 4. The highest BCUT2D eigenvalue weighted by atomic mass is 16.8. The average molecular weight is 537 g/mol. The molecule has 4 N–H and O–H groups in total. The molecule has 0 aliphatic carbocycles. The van der Waals surface area contributed by atoms with E-state index in [9.17, 15) is 25.2 Å². The number of rotatable bonds is 12. The van der Waals surface area contributed by atoms with Crippen molar-refractivity contribution in [3.05, 3.63) is 0 Å². The van der Waals surface area contributed by atoms with Crippen molar-refractivity contribution in [1.82, 2.24) is 0 Å². The summed E-state index contributed by atoms with van der Waals surface area (Å²) >= 11 is 0. The topological polar surface area (TPSA) is 163 Å². The Balaban J connectivity index is 1.69. The number of ether oxygens (including phenoxy) is 7. The lowest BCUT2D eigenvalue weighted by atomic mass is 9.99. The number of esters is 1. The van der Waals surface area contributed by atoms with E-state index in [1.165, 1.54) is 0 Å². The smallest absolute Gasteiger partial charge is 0.306 e. The Kier molecular flexibility index (Phi) is 10.7. The number of hydrogen-bond acceptors (Lipinski definition) is 12. The number of carbonyl (C=O) groups excluding carboxylic acids is 1. The summed E-state index contributed by atoms with van der Waals surface area (Å²) in [7, 11) is 0. The van der Waals surface area contributed by atoms with Gasteiger partial charge in [0.25, 0.3) is 0 Å². The maximum Gasteiger partial charge on any atom is 0.306 e. The second-order valence-electron chi connectivity index (χ2n) is 10.8. The molecule has 1 unspecified atom stereocenters. The molecule has 3 rings (SSSR count). The SMILES string of the molecule is CCCCCCCC(=O)O[C@@H]1[C@H](OC(O)[C@H]2OC(C)(C)O[C@H]2[C@@H]2COC(C)(C)O2)O[C@H](CO)[C@@H](O)[C@@H]1O. The molecule has 0 aromatic carbocycles. The Bertz CT molecular complexity index is 730. The van der Waals surface area contributed by atoms with Crippen LogP contribution in [-0.4, -0.2) is 106 Å². The summed E-state index contributed by atoms with van der Waals surface area (Å²) in [5, 5.41) is 41.6. The van der Waals surface area contributed by atoms with Gasteiger partial charge in [-0.3, -0.25) is 4.79 Å². The zero-order chi connectivity index (χ0) is 27.4. The van der Waals surface area contributed by atoms with E-state index in [0.29, 0.717) is 6.42 Å². The monoisotopic (exact) mass is 536 g/mol. The zero-order valence-electron chi connectivity index (χ0n) is 22.4. The first kappa shape index (κ1) is 30.6. The Morgan fingerprint density at radius 2 is 1.70 bits per heavy atom. The van der Waals surface area contributed by atoms with Gasteiger partial charge in [0.1, 0.15) is 36.6 Å². The molecule has 0 aromatic rings. The highest BCUT2D eigenvalue weighted by Gasteiger charge is 2.54. The van der Waals surface area contributed by atoms with Gasteiger partial charge in [0, 0.05) is 6.42 Å². The minimum absolute atomic E-state index is 0.117. The van der Waals surface area contributed by atoms with Crippen LogP contribution in [0, 0.1) is 0 Å². The molecule has 3 saturated heterocycles. The van der Waals surface area contributed by atoms with Crippen LogP contribution in [0.15, 0.2) is 0 Å². The Hall–Kier alpha value is -0.930. The van der Waals surface area contributed by atoms with Crippen molar-refractivity contribution in [3.63, 3.8) is 0 Å². The molecule has 0 aromatic heterocycles. The first-order chi connectivity index (χ1) is 17.4. The average Bonchev–Trinajstić information content (AvgIpc) is 3.36. The molecule has 0 radical (unpaired) electrons. The van der Waals surface area contributed by atoms with Crippen molar-refractivity contribution in [2.24, 2.45) is 0 Å². The fraction of sp³-hybridized carbons (Fsp3) is 0.960. The largest absolute Gasteiger partial charge is 0.454 e. The van der Waals surface area contributed by atoms with Gasteiger partial charge in [-0.05, 0) is 34.1 Å². The van der Waals surface area contributed by atoms with Crippen LogP contribution < -0.4 is 0 Å². The van der Waals surface area contributed by atoms with Gasteiger partial charge >= 0.3 is 5.97 Å². The first-order valence-electron chi connectivity index (χ1n) is 13.2. The van der Waals surface area contributed by atoms with Gasteiger partial charge in [-0.2, -0.15) is 0 Å². The summed E-state index contributed by atoms with van der Waals surface area (Å²) in [5.74, 6) is -2.51. The van der Waals surface area contributed by atoms with E-state index in [4.69, 9.17) is 33.2 Å². The summed E-state index contributed by atoms with van der Waals surface area (Å²) in [4.78, 5) is 12.5. The van der Waals surface area contributed by atoms with Crippen LogP contribution in [0.2, 0.25) is 0 Å². The third-order valence-corrected chi connectivity index (χ3v) is 6.69. The number of aliphatic hydroxyl groups excluding tert-OH is 4. The fourth-order valence-electron chi connectivity index (χ4n) is 4.79. The van der Waals surface area contributed by atoms with E-state index in [2.05, 4.69) is 6.92 Å². The van der Waals surface area contributed by atoms with Crippen molar-refractivity contribution in [3.8, 4) is 0 Å². The van der Waals surface area contributed by atoms with Crippen molar-refractivity contribution in [2.45, 2.75) is 140 Å². The predicted molar refractivity (Wildman–Crippen MR) is 127 cm³/mol. The molecule has 12 heteroatoms. The summed E-state index contributed by atoms with van der Waals surface area (Å²) in [5.41, 5.74) is 0. The van der Waals surface area contributed by atoms with Gasteiger partial charge in [-0.25, -0.2) is 0 Å². The molecule has 3 aliphatic rings. The minimum atomic E-state index is -1.67. The zero-order valence-corrected chi connectivity index (χ0v) is 22.4. The molecule has 9 atom stereocenters. The van der Waals surface area contributed by atoms with Gasteiger partial charge in [0.2, 0.25) is 6.29 Å². The lowest BCUT2D eigenvalue weighted by molar-refractivity contribution is -0.345. The maximum atomic E-state index is 12.5. The molecule has 3 aliphatic heterocycles. The Morgan fingerprint density at radius 3 is 2.32 bits per heavy atom. The Labute approximate surface area is 218 Å². The van der Waals surface area contributed by atoms with Crippen LogP contribution in [0.25, 0.3) is 0 Å².